The lowest BCUT2D eigenvalue weighted by atomic mass is 10.2. The third-order valence-electron chi connectivity index (χ3n) is 4.04. The van der Waals surface area contributed by atoms with E-state index >= 15 is 0 Å². The lowest BCUT2D eigenvalue weighted by Gasteiger charge is -2.12. The first-order valence-corrected chi connectivity index (χ1v) is 8.74. The van der Waals surface area contributed by atoms with Crippen molar-refractivity contribution in [1.82, 2.24) is 0 Å². The number of rotatable bonds is 4. The third-order valence-corrected chi connectivity index (χ3v) is 4.04. The van der Waals surface area contributed by atoms with Gasteiger partial charge in [0.2, 0.25) is 0 Å². The molecule has 0 fully saturated rings. The Labute approximate surface area is 172 Å². The Morgan fingerprint density at radius 3 is 2.03 bits per heavy atom. The van der Waals surface area contributed by atoms with Gasteiger partial charge < -0.3 is 16.0 Å². The molecule has 0 atom stereocenters. The highest BCUT2D eigenvalue weighted by atomic mass is 19.4. The van der Waals surface area contributed by atoms with E-state index < -0.39 is 35.3 Å². The molecule has 10 heteroatoms. The maximum absolute atomic E-state index is 14.3. The van der Waals surface area contributed by atoms with Crippen LogP contribution in [0.2, 0.25) is 0 Å². The Balaban J connectivity index is 1.66. The van der Waals surface area contributed by atoms with Crippen LogP contribution in [0.5, 0.6) is 0 Å². The molecule has 0 aliphatic carbocycles. The van der Waals surface area contributed by atoms with E-state index in [2.05, 4.69) is 16.0 Å². The molecule has 0 aliphatic heterocycles. The van der Waals surface area contributed by atoms with Gasteiger partial charge >= 0.3 is 12.2 Å². The van der Waals surface area contributed by atoms with Crippen molar-refractivity contribution in [2.24, 2.45) is 0 Å². The van der Waals surface area contributed by atoms with Gasteiger partial charge in [-0.15, -0.1) is 0 Å². The Morgan fingerprint density at radius 2 is 1.39 bits per heavy atom. The van der Waals surface area contributed by atoms with Gasteiger partial charge in [-0.3, -0.25) is 4.79 Å². The number of benzene rings is 3. The molecule has 0 aliphatic rings. The summed E-state index contributed by atoms with van der Waals surface area (Å²) in [5.74, 6) is -2.55. The molecule has 5 nitrogen and oxygen atoms in total. The number of carbonyl (C=O) groups is 2. The standard InChI is InChI=1S/C21H14F5N3O2/c22-16-7-2-1-6-15(16)19(30)29-18-9-8-14(11-17(18)23)28-20(31)27-13-5-3-4-12(10-13)21(24,25)26/h1-11H,(H,29,30)(H2,27,28,31). The predicted molar refractivity (Wildman–Crippen MR) is 105 cm³/mol. The van der Waals surface area contributed by atoms with E-state index in [0.717, 1.165) is 36.4 Å². The zero-order valence-corrected chi connectivity index (χ0v) is 15.6. The van der Waals surface area contributed by atoms with Crippen LogP contribution in [-0.2, 0) is 6.18 Å². The molecule has 3 aromatic carbocycles. The van der Waals surface area contributed by atoms with Gasteiger partial charge in [0.25, 0.3) is 5.91 Å². The van der Waals surface area contributed by atoms with Crippen molar-refractivity contribution in [2.75, 3.05) is 16.0 Å². The van der Waals surface area contributed by atoms with Crippen molar-refractivity contribution in [3.05, 3.63) is 89.5 Å². The maximum Gasteiger partial charge on any atom is 0.416 e. The summed E-state index contributed by atoms with van der Waals surface area (Å²) in [4.78, 5) is 24.1. The van der Waals surface area contributed by atoms with Gasteiger partial charge in [-0.1, -0.05) is 18.2 Å². The fourth-order valence-corrected chi connectivity index (χ4v) is 2.60. The summed E-state index contributed by atoms with van der Waals surface area (Å²) in [7, 11) is 0. The van der Waals surface area contributed by atoms with Crippen molar-refractivity contribution in [2.45, 2.75) is 6.18 Å². The summed E-state index contributed by atoms with van der Waals surface area (Å²) in [6, 6.07) is 11.6. The molecule has 3 rings (SSSR count). The zero-order chi connectivity index (χ0) is 22.6. The number of nitrogens with one attached hydrogen (secondary N) is 3. The van der Waals surface area contributed by atoms with E-state index in [1.165, 1.54) is 30.3 Å². The number of alkyl halides is 3. The SMILES string of the molecule is O=C(Nc1cccc(C(F)(F)F)c1)Nc1ccc(NC(=O)c2ccccc2F)c(F)c1. The first-order chi connectivity index (χ1) is 14.6. The Hall–Kier alpha value is -3.95. The highest BCUT2D eigenvalue weighted by Crippen LogP contribution is 2.30. The van der Waals surface area contributed by atoms with Crippen molar-refractivity contribution in [3.63, 3.8) is 0 Å². The van der Waals surface area contributed by atoms with Gasteiger partial charge in [0, 0.05) is 11.4 Å². The Kier molecular flexibility index (Phi) is 6.19. The number of halogens is 5. The van der Waals surface area contributed by atoms with Crippen LogP contribution in [0.4, 0.5) is 43.8 Å². The fraction of sp³-hybridized carbons (Fsp3) is 0.0476. The van der Waals surface area contributed by atoms with E-state index in [0.29, 0.717) is 0 Å². The minimum absolute atomic E-state index is 0.0223. The molecular weight excluding hydrogens is 421 g/mol. The largest absolute Gasteiger partial charge is 0.416 e. The van der Waals surface area contributed by atoms with Gasteiger partial charge in [0.15, 0.2) is 0 Å². The van der Waals surface area contributed by atoms with Crippen LogP contribution in [0, 0.1) is 11.6 Å². The first-order valence-electron chi connectivity index (χ1n) is 8.74. The van der Waals surface area contributed by atoms with Crippen LogP contribution in [0.1, 0.15) is 15.9 Å². The number of urea groups is 1. The zero-order valence-electron chi connectivity index (χ0n) is 15.6. The fourth-order valence-electron chi connectivity index (χ4n) is 2.60. The van der Waals surface area contributed by atoms with Gasteiger partial charge in [-0.2, -0.15) is 13.2 Å². The summed E-state index contributed by atoms with van der Waals surface area (Å²) in [5.41, 5.74) is -1.60. The molecular formula is C21H14F5N3O2. The van der Waals surface area contributed by atoms with Crippen molar-refractivity contribution >= 4 is 29.0 Å². The second kappa shape index (κ2) is 8.82. The molecule has 0 saturated heterocycles. The highest BCUT2D eigenvalue weighted by molar-refractivity contribution is 6.05. The lowest BCUT2D eigenvalue weighted by molar-refractivity contribution is -0.137. The normalized spacial score (nSPS) is 11.0. The molecule has 3 N–H and O–H groups in total. The molecule has 0 radical (unpaired) electrons. The molecule has 0 spiro atoms. The average Bonchev–Trinajstić information content (AvgIpc) is 2.70. The summed E-state index contributed by atoms with van der Waals surface area (Å²) in [5, 5.41) is 6.70. The number of amides is 3. The van der Waals surface area contributed by atoms with Crippen molar-refractivity contribution < 1.29 is 31.5 Å². The highest BCUT2D eigenvalue weighted by Gasteiger charge is 2.30. The van der Waals surface area contributed by atoms with Gasteiger partial charge in [0.05, 0.1) is 16.8 Å². The molecule has 3 amide bonds. The number of anilines is 3. The van der Waals surface area contributed by atoms with E-state index in [9.17, 15) is 31.5 Å². The molecule has 3 aromatic rings. The van der Waals surface area contributed by atoms with Gasteiger partial charge in [-0.25, -0.2) is 13.6 Å². The van der Waals surface area contributed by atoms with Crippen LogP contribution >= 0.6 is 0 Å². The molecule has 0 saturated carbocycles. The average molecular weight is 435 g/mol. The molecule has 160 valence electrons. The topological polar surface area (TPSA) is 70.2 Å². The smallest absolute Gasteiger partial charge is 0.319 e. The summed E-state index contributed by atoms with van der Waals surface area (Å²) in [6.45, 7) is 0. The number of hydrogen-bond acceptors (Lipinski definition) is 2. The van der Waals surface area contributed by atoms with Gasteiger partial charge in [0.1, 0.15) is 11.6 Å². The number of carbonyl (C=O) groups excluding carboxylic acids is 2. The molecule has 0 bridgehead atoms. The van der Waals surface area contributed by atoms with Gasteiger partial charge in [-0.05, 0) is 48.5 Å². The van der Waals surface area contributed by atoms with Crippen molar-refractivity contribution in [3.8, 4) is 0 Å². The first kappa shape index (κ1) is 21.8. The maximum atomic E-state index is 14.3. The minimum Gasteiger partial charge on any atom is -0.319 e. The quantitative estimate of drug-likeness (QED) is 0.448. The van der Waals surface area contributed by atoms with Crippen LogP contribution < -0.4 is 16.0 Å². The summed E-state index contributed by atoms with van der Waals surface area (Å²) < 4.78 is 66.1. The van der Waals surface area contributed by atoms with Crippen LogP contribution in [-0.4, -0.2) is 11.9 Å². The molecule has 0 unspecified atom stereocenters. The molecule has 0 aromatic heterocycles. The Morgan fingerprint density at radius 1 is 0.710 bits per heavy atom. The monoisotopic (exact) mass is 435 g/mol. The Bertz CT molecular complexity index is 1130. The third kappa shape index (κ3) is 5.56. The minimum atomic E-state index is -4.57. The lowest BCUT2D eigenvalue weighted by Crippen LogP contribution is -2.20. The second-order valence-corrected chi connectivity index (χ2v) is 6.29. The summed E-state index contributed by atoms with van der Waals surface area (Å²) in [6.07, 6.45) is -4.57. The van der Waals surface area contributed by atoms with Crippen LogP contribution in [0.3, 0.4) is 0 Å². The molecule has 31 heavy (non-hydrogen) atoms. The predicted octanol–water partition coefficient (Wildman–Crippen LogP) is 5.88. The second-order valence-electron chi connectivity index (χ2n) is 6.29. The number of hydrogen-bond donors (Lipinski definition) is 3. The van der Waals surface area contributed by atoms with E-state index in [-0.39, 0.29) is 22.6 Å². The van der Waals surface area contributed by atoms with Crippen molar-refractivity contribution in [1.29, 1.82) is 0 Å². The van der Waals surface area contributed by atoms with Crippen LogP contribution in [0.15, 0.2) is 66.7 Å². The van der Waals surface area contributed by atoms with E-state index in [1.807, 2.05) is 0 Å². The molecule has 0 heterocycles. The van der Waals surface area contributed by atoms with E-state index in [4.69, 9.17) is 0 Å². The van der Waals surface area contributed by atoms with Crippen LogP contribution in [0.25, 0.3) is 0 Å². The van der Waals surface area contributed by atoms with E-state index in [1.54, 1.807) is 0 Å². The summed E-state index contributed by atoms with van der Waals surface area (Å²) >= 11 is 0.